The van der Waals surface area contributed by atoms with E-state index in [9.17, 15) is 4.79 Å². The van der Waals surface area contributed by atoms with E-state index in [1.165, 1.54) is 12.1 Å². The number of nitrogens with one attached hydrogen (secondary N) is 1. The molecule has 7 heteroatoms. The number of hydrogen-bond donors (Lipinski definition) is 1. The van der Waals surface area contributed by atoms with Crippen molar-refractivity contribution in [3.8, 4) is 0 Å². The van der Waals surface area contributed by atoms with E-state index in [-0.39, 0.29) is 21.8 Å². The van der Waals surface area contributed by atoms with E-state index >= 15 is 0 Å². The number of morpholine rings is 1. The molecule has 5 nitrogen and oxygen atoms in total. The van der Waals surface area contributed by atoms with Crippen LogP contribution >= 0.6 is 23.2 Å². The van der Waals surface area contributed by atoms with E-state index in [1.54, 1.807) is 0 Å². The first-order chi connectivity index (χ1) is 9.88. The summed E-state index contributed by atoms with van der Waals surface area (Å²) < 4.78 is 5.35. The highest BCUT2D eigenvalue weighted by molar-refractivity contribution is 6.33. The number of nitrogens with zero attached hydrogens (tertiary/aromatic N) is 2. The minimum Gasteiger partial charge on any atom is -0.379 e. The molecule has 0 saturated carbocycles. The minimum atomic E-state index is -0.206. The van der Waals surface area contributed by atoms with Crippen LogP contribution in [0.2, 0.25) is 10.3 Å². The summed E-state index contributed by atoms with van der Waals surface area (Å²) in [6.45, 7) is 7.94. The van der Waals surface area contributed by atoms with Crippen molar-refractivity contribution in [1.29, 1.82) is 0 Å². The summed E-state index contributed by atoms with van der Waals surface area (Å²) in [5, 5.41) is 3.34. The summed E-state index contributed by atoms with van der Waals surface area (Å²) in [6.07, 6.45) is 0. The Morgan fingerprint density at radius 1 is 1.33 bits per heavy atom. The Morgan fingerprint density at radius 2 is 1.90 bits per heavy atom. The zero-order valence-corrected chi connectivity index (χ0v) is 13.7. The molecule has 1 aromatic heterocycles. The zero-order chi connectivity index (χ0) is 15.5. The largest absolute Gasteiger partial charge is 0.379 e. The molecule has 0 bridgehead atoms. The molecule has 0 radical (unpaired) electrons. The number of amides is 1. The van der Waals surface area contributed by atoms with Gasteiger partial charge < -0.3 is 10.1 Å². The van der Waals surface area contributed by atoms with Crippen molar-refractivity contribution in [2.24, 2.45) is 0 Å². The van der Waals surface area contributed by atoms with Crippen LogP contribution in [0.1, 0.15) is 24.2 Å². The second-order valence-electron chi connectivity index (χ2n) is 5.60. The molecule has 0 spiro atoms. The SMILES string of the molecule is CC(C)(CNC(=O)c1cc(Cl)nc(Cl)c1)N1CCOCC1. The first-order valence-electron chi connectivity index (χ1n) is 6.82. The fourth-order valence-electron chi connectivity index (χ4n) is 2.28. The van der Waals surface area contributed by atoms with Crippen LogP contribution in [0.15, 0.2) is 12.1 Å². The van der Waals surface area contributed by atoms with Crippen LogP contribution in [0.25, 0.3) is 0 Å². The maximum atomic E-state index is 12.2. The van der Waals surface area contributed by atoms with Crippen LogP contribution in [0.4, 0.5) is 0 Å². The number of carbonyl (C=O) groups excluding carboxylic acids is 1. The normalized spacial score (nSPS) is 16.8. The molecular weight excluding hydrogens is 313 g/mol. The molecule has 2 heterocycles. The monoisotopic (exact) mass is 331 g/mol. The standard InChI is InChI=1S/C14H19Cl2N3O2/c1-14(2,19-3-5-21-6-4-19)9-17-13(20)10-7-11(15)18-12(16)8-10/h7-8H,3-6,9H2,1-2H3,(H,17,20). The third-order valence-electron chi connectivity index (χ3n) is 3.57. The Labute approximate surface area is 134 Å². The average Bonchev–Trinajstić information content (AvgIpc) is 2.45. The zero-order valence-electron chi connectivity index (χ0n) is 12.2. The summed E-state index contributed by atoms with van der Waals surface area (Å²) in [7, 11) is 0. The van der Waals surface area contributed by atoms with Crippen molar-refractivity contribution in [1.82, 2.24) is 15.2 Å². The lowest BCUT2D eigenvalue weighted by Crippen LogP contribution is -2.55. The lowest BCUT2D eigenvalue weighted by molar-refractivity contribution is -0.00923. The molecule has 0 aliphatic carbocycles. The Hall–Kier alpha value is -0.880. The van der Waals surface area contributed by atoms with Crippen molar-refractivity contribution in [2.45, 2.75) is 19.4 Å². The molecule has 1 amide bonds. The van der Waals surface area contributed by atoms with Gasteiger partial charge in [0.1, 0.15) is 10.3 Å². The first kappa shape index (κ1) is 16.5. The van der Waals surface area contributed by atoms with Gasteiger partial charge in [-0.25, -0.2) is 4.98 Å². The molecule has 1 aromatic rings. The predicted molar refractivity (Wildman–Crippen MR) is 83.1 cm³/mol. The van der Waals surface area contributed by atoms with Crippen molar-refractivity contribution in [2.75, 3.05) is 32.8 Å². The van der Waals surface area contributed by atoms with E-state index in [2.05, 4.69) is 29.0 Å². The number of aromatic nitrogens is 1. The van der Waals surface area contributed by atoms with Crippen molar-refractivity contribution in [3.05, 3.63) is 28.0 Å². The van der Waals surface area contributed by atoms with E-state index in [4.69, 9.17) is 27.9 Å². The highest BCUT2D eigenvalue weighted by Gasteiger charge is 2.28. The van der Waals surface area contributed by atoms with Crippen LogP contribution in [0, 0.1) is 0 Å². The number of ether oxygens (including phenoxy) is 1. The Bertz CT molecular complexity index is 497. The van der Waals surface area contributed by atoms with Gasteiger partial charge >= 0.3 is 0 Å². The molecule has 1 aliphatic rings. The smallest absolute Gasteiger partial charge is 0.251 e. The lowest BCUT2D eigenvalue weighted by Gasteiger charge is -2.40. The van der Waals surface area contributed by atoms with E-state index in [0.29, 0.717) is 12.1 Å². The number of pyridine rings is 1. The van der Waals surface area contributed by atoms with Crippen molar-refractivity contribution < 1.29 is 9.53 Å². The summed E-state index contributed by atoms with van der Waals surface area (Å²) >= 11 is 11.6. The Morgan fingerprint density at radius 3 is 2.48 bits per heavy atom. The highest BCUT2D eigenvalue weighted by atomic mass is 35.5. The van der Waals surface area contributed by atoms with E-state index in [1.807, 2.05) is 0 Å². The molecule has 1 fully saturated rings. The van der Waals surface area contributed by atoms with E-state index < -0.39 is 0 Å². The summed E-state index contributed by atoms with van der Waals surface area (Å²) in [6, 6.07) is 3.01. The van der Waals surface area contributed by atoms with Crippen LogP contribution in [0.5, 0.6) is 0 Å². The second-order valence-corrected chi connectivity index (χ2v) is 6.37. The molecule has 0 unspecified atom stereocenters. The van der Waals surface area contributed by atoms with Crippen LogP contribution < -0.4 is 5.32 Å². The minimum absolute atomic E-state index is 0.139. The van der Waals surface area contributed by atoms with Gasteiger partial charge in [-0.1, -0.05) is 23.2 Å². The van der Waals surface area contributed by atoms with Gasteiger partial charge in [-0.15, -0.1) is 0 Å². The molecule has 1 saturated heterocycles. The van der Waals surface area contributed by atoms with Gasteiger partial charge in [0.25, 0.3) is 5.91 Å². The lowest BCUT2D eigenvalue weighted by atomic mass is 10.0. The molecule has 0 atom stereocenters. The number of halogens is 2. The van der Waals surface area contributed by atoms with Crippen molar-refractivity contribution in [3.63, 3.8) is 0 Å². The maximum absolute atomic E-state index is 12.2. The van der Waals surface area contributed by atoms with Crippen LogP contribution in [0.3, 0.4) is 0 Å². The fraction of sp³-hybridized carbons (Fsp3) is 0.571. The Kier molecular flexibility index (Phi) is 5.43. The van der Waals surface area contributed by atoms with E-state index in [0.717, 1.165) is 26.3 Å². The molecule has 21 heavy (non-hydrogen) atoms. The van der Waals surface area contributed by atoms with Crippen LogP contribution in [-0.4, -0.2) is 54.2 Å². The Balaban J connectivity index is 1.96. The van der Waals surface area contributed by atoms with Gasteiger partial charge in [0.2, 0.25) is 0 Å². The van der Waals surface area contributed by atoms with Gasteiger partial charge in [-0.3, -0.25) is 9.69 Å². The molecular formula is C14H19Cl2N3O2. The highest BCUT2D eigenvalue weighted by Crippen LogP contribution is 2.17. The fourth-order valence-corrected chi connectivity index (χ4v) is 2.74. The maximum Gasteiger partial charge on any atom is 0.251 e. The molecule has 1 aliphatic heterocycles. The second kappa shape index (κ2) is 6.92. The van der Waals surface area contributed by atoms with Gasteiger partial charge in [-0.05, 0) is 26.0 Å². The average molecular weight is 332 g/mol. The third kappa shape index (κ3) is 4.54. The van der Waals surface area contributed by atoms with Gasteiger partial charge in [0.15, 0.2) is 0 Å². The summed E-state index contributed by atoms with van der Waals surface area (Å²) in [5.41, 5.74) is 0.276. The molecule has 0 aromatic carbocycles. The first-order valence-corrected chi connectivity index (χ1v) is 7.58. The van der Waals surface area contributed by atoms with Gasteiger partial charge in [-0.2, -0.15) is 0 Å². The van der Waals surface area contributed by atoms with Crippen LogP contribution in [-0.2, 0) is 4.74 Å². The predicted octanol–water partition coefficient (Wildman–Crippen LogP) is 2.23. The number of carbonyl (C=O) groups is 1. The molecule has 2 rings (SSSR count). The molecule has 1 N–H and O–H groups in total. The number of rotatable bonds is 4. The molecule has 116 valence electrons. The van der Waals surface area contributed by atoms with Crippen molar-refractivity contribution >= 4 is 29.1 Å². The topological polar surface area (TPSA) is 54.5 Å². The number of hydrogen-bond acceptors (Lipinski definition) is 4. The third-order valence-corrected chi connectivity index (χ3v) is 3.96. The van der Waals surface area contributed by atoms with Gasteiger partial charge in [0, 0.05) is 30.7 Å². The summed E-state index contributed by atoms with van der Waals surface area (Å²) in [5.74, 6) is -0.206. The van der Waals surface area contributed by atoms with Gasteiger partial charge in [0.05, 0.1) is 13.2 Å². The quantitative estimate of drug-likeness (QED) is 0.859. The summed E-state index contributed by atoms with van der Waals surface area (Å²) in [4.78, 5) is 18.3.